The van der Waals surface area contributed by atoms with Crippen LogP contribution in [-0.2, 0) is 9.59 Å². The van der Waals surface area contributed by atoms with Crippen molar-refractivity contribution in [3.63, 3.8) is 0 Å². The number of imide groups is 1. The Morgan fingerprint density at radius 3 is 2.48 bits per heavy atom. The molecule has 0 aliphatic carbocycles. The van der Waals surface area contributed by atoms with Gasteiger partial charge in [-0.15, -0.1) is 0 Å². The summed E-state index contributed by atoms with van der Waals surface area (Å²) >= 11 is 5.89. The van der Waals surface area contributed by atoms with E-state index in [0.717, 1.165) is 0 Å². The van der Waals surface area contributed by atoms with E-state index in [2.05, 4.69) is 16.0 Å². The van der Waals surface area contributed by atoms with Gasteiger partial charge < -0.3 is 15.4 Å². The van der Waals surface area contributed by atoms with Crippen LogP contribution in [0.5, 0.6) is 5.75 Å². The number of benzene rings is 1. The molecule has 126 valence electrons. The summed E-state index contributed by atoms with van der Waals surface area (Å²) in [7, 11) is 4.46. The van der Waals surface area contributed by atoms with Crippen LogP contribution in [0.1, 0.15) is 0 Å². The Hall–Kier alpha value is -2.32. The van der Waals surface area contributed by atoms with E-state index in [4.69, 9.17) is 16.3 Å². The average molecular weight is 343 g/mol. The summed E-state index contributed by atoms with van der Waals surface area (Å²) in [6.45, 7) is -0.148. The molecule has 0 atom stereocenters. The predicted molar refractivity (Wildman–Crippen MR) is 86.7 cm³/mol. The molecular formula is C14H19ClN4O4. The Labute approximate surface area is 139 Å². The van der Waals surface area contributed by atoms with E-state index in [-0.39, 0.29) is 19.0 Å². The minimum absolute atomic E-state index is 0.0448. The first-order valence-corrected chi connectivity index (χ1v) is 7.07. The number of carbonyl (C=O) groups excluding carboxylic acids is 3. The van der Waals surface area contributed by atoms with Gasteiger partial charge in [0, 0.05) is 12.1 Å². The minimum Gasteiger partial charge on any atom is -0.495 e. The lowest BCUT2D eigenvalue weighted by atomic mass is 10.3. The number of anilines is 1. The first-order valence-electron chi connectivity index (χ1n) is 6.69. The number of nitrogens with one attached hydrogen (secondary N) is 3. The zero-order valence-electron chi connectivity index (χ0n) is 13.1. The van der Waals surface area contributed by atoms with E-state index in [9.17, 15) is 14.4 Å². The van der Waals surface area contributed by atoms with Gasteiger partial charge in [0.25, 0.3) is 0 Å². The van der Waals surface area contributed by atoms with Crippen molar-refractivity contribution in [2.24, 2.45) is 0 Å². The van der Waals surface area contributed by atoms with Crippen molar-refractivity contribution in [2.45, 2.75) is 0 Å². The van der Waals surface area contributed by atoms with Crippen molar-refractivity contribution in [3.05, 3.63) is 23.2 Å². The topological polar surface area (TPSA) is 99.8 Å². The largest absolute Gasteiger partial charge is 0.495 e. The molecule has 1 rings (SSSR count). The number of nitrogens with zero attached hydrogens (tertiary/aromatic N) is 1. The lowest BCUT2D eigenvalue weighted by Crippen LogP contribution is -2.44. The molecule has 23 heavy (non-hydrogen) atoms. The fraction of sp³-hybridized carbons (Fsp3) is 0.357. The van der Waals surface area contributed by atoms with Gasteiger partial charge in [-0.1, -0.05) is 11.6 Å². The molecule has 0 unspecified atom stereocenters. The molecule has 0 heterocycles. The molecule has 0 radical (unpaired) electrons. The highest BCUT2D eigenvalue weighted by Crippen LogP contribution is 2.27. The van der Waals surface area contributed by atoms with Crippen molar-refractivity contribution in [3.8, 4) is 5.75 Å². The van der Waals surface area contributed by atoms with Gasteiger partial charge >= 0.3 is 6.03 Å². The van der Waals surface area contributed by atoms with Crippen molar-refractivity contribution >= 4 is 35.1 Å². The maximum absolute atomic E-state index is 12.0. The number of rotatable bonds is 6. The smallest absolute Gasteiger partial charge is 0.321 e. The van der Waals surface area contributed by atoms with Crippen LogP contribution in [0.4, 0.5) is 10.5 Å². The Morgan fingerprint density at radius 2 is 1.87 bits per heavy atom. The van der Waals surface area contributed by atoms with Gasteiger partial charge in [-0.3, -0.25) is 19.8 Å². The maximum atomic E-state index is 12.0. The molecule has 0 fully saturated rings. The molecule has 0 saturated heterocycles. The SMILES string of the molecule is CNC(=O)NC(=O)CN(C)CC(=O)Nc1cc(Cl)ccc1OC. The van der Waals surface area contributed by atoms with Crippen LogP contribution < -0.4 is 20.7 Å². The van der Waals surface area contributed by atoms with Crippen LogP contribution in [0.15, 0.2) is 18.2 Å². The quantitative estimate of drug-likeness (QED) is 0.705. The summed E-state index contributed by atoms with van der Waals surface area (Å²) in [6.07, 6.45) is 0. The fourth-order valence-electron chi connectivity index (χ4n) is 1.74. The van der Waals surface area contributed by atoms with Gasteiger partial charge in [0.15, 0.2) is 0 Å². The van der Waals surface area contributed by atoms with Crippen LogP contribution in [0.3, 0.4) is 0 Å². The summed E-state index contributed by atoms with van der Waals surface area (Å²) in [5.74, 6) is -0.386. The fourth-order valence-corrected chi connectivity index (χ4v) is 1.91. The van der Waals surface area contributed by atoms with Crippen LogP contribution >= 0.6 is 11.6 Å². The molecule has 0 bridgehead atoms. The molecular weight excluding hydrogens is 324 g/mol. The van der Waals surface area contributed by atoms with E-state index in [1.165, 1.54) is 19.1 Å². The molecule has 1 aromatic rings. The standard InChI is InChI=1S/C14H19ClN4O4/c1-16-14(22)18-13(21)8-19(2)7-12(20)17-10-6-9(15)4-5-11(10)23-3/h4-6H,7-8H2,1-3H3,(H,17,20)(H2,16,18,21,22). The van der Waals surface area contributed by atoms with Gasteiger partial charge in [0.05, 0.1) is 25.9 Å². The summed E-state index contributed by atoms with van der Waals surface area (Å²) < 4.78 is 5.13. The number of hydrogen-bond donors (Lipinski definition) is 3. The number of halogens is 1. The number of likely N-dealkylation sites (N-methyl/N-ethyl adjacent to an activating group) is 1. The zero-order chi connectivity index (χ0) is 17.4. The number of ether oxygens (including phenoxy) is 1. The minimum atomic E-state index is -0.600. The molecule has 4 amide bonds. The number of amides is 4. The third kappa shape index (κ3) is 6.54. The van der Waals surface area contributed by atoms with Gasteiger partial charge in [-0.2, -0.15) is 0 Å². The third-order valence-electron chi connectivity index (χ3n) is 2.74. The highest BCUT2D eigenvalue weighted by molar-refractivity contribution is 6.31. The Kier molecular flexibility index (Phi) is 7.30. The van der Waals surface area contributed by atoms with Gasteiger partial charge in [-0.05, 0) is 25.2 Å². The van der Waals surface area contributed by atoms with Crippen molar-refractivity contribution < 1.29 is 19.1 Å². The van der Waals surface area contributed by atoms with E-state index in [1.807, 2.05) is 0 Å². The lowest BCUT2D eigenvalue weighted by molar-refractivity contribution is -0.122. The Bertz CT molecular complexity index is 594. The van der Waals surface area contributed by atoms with E-state index in [1.54, 1.807) is 25.2 Å². The number of urea groups is 1. The number of carbonyl (C=O) groups is 3. The molecule has 0 aliphatic rings. The van der Waals surface area contributed by atoms with Crippen LogP contribution in [-0.4, -0.2) is 57.0 Å². The summed E-state index contributed by atoms with van der Waals surface area (Å²) in [6, 6.07) is 4.25. The summed E-state index contributed by atoms with van der Waals surface area (Å²) in [5, 5.41) is 7.49. The molecule has 0 saturated carbocycles. The number of methoxy groups -OCH3 is 1. The van der Waals surface area contributed by atoms with Crippen LogP contribution in [0.2, 0.25) is 5.02 Å². The highest BCUT2D eigenvalue weighted by Gasteiger charge is 2.14. The van der Waals surface area contributed by atoms with Crippen LogP contribution in [0, 0.1) is 0 Å². The first kappa shape index (κ1) is 18.7. The molecule has 0 spiro atoms. The zero-order valence-corrected chi connectivity index (χ0v) is 13.9. The third-order valence-corrected chi connectivity index (χ3v) is 2.98. The molecule has 0 aromatic heterocycles. The molecule has 0 aliphatic heterocycles. The molecule has 3 N–H and O–H groups in total. The normalized spacial score (nSPS) is 10.1. The maximum Gasteiger partial charge on any atom is 0.321 e. The summed E-state index contributed by atoms with van der Waals surface area (Å²) in [5.41, 5.74) is 0.438. The van der Waals surface area contributed by atoms with Crippen molar-refractivity contribution in [1.29, 1.82) is 0 Å². The number of hydrogen-bond acceptors (Lipinski definition) is 5. The van der Waals surface area contributed by atoms with Crippen molar-refractivity contribution in [2.75, 3.05) is 39.6 Å². The van der Waals surface area contributed by atoms with E-state index in [0.29, 0.717) is 16.5 Å². The van der Waals surface area contributed by atoms with Gasteiger partial charge in [0.1, 0.15) is 5.75 Å². The van der Waals surface area contributed by atoms with E-state index < -0.39 is 11.9 Å². The molecule has 9 heteroatoms. The first-order chi connectivity index (χ1) is 10.8. The van der Waals surface area contributed by atoms with E-state index >= 15 is 0 Å². The lowest BCUT2D eigenvalue weighted by Gasteiger charge is -2.16. The van der Waals surface area contributed by atoms with Crippen LogP contribution in [0.25, 0.3) is 0 Å². The van der Waals surface area contributed by atoms with Gasteiger partial charge in [0.2, 0.25) is 11.8 Å². The van der Waals surface area contributed by atoms with Crippen molar-refractivity contribution in [1.82, 2.24) is 15.5 Å². The summed E-state index contributed by atoms with van der Waals surface area (Å²) in [4.78, 5) is 36.0. The molecule has 1 aromatic carbocycles. The predicted octanol–water partition coefficient (Wildman–Crippen LogP) is 0.674. The average Bonchev–Trinajstić information content (AvgIpc) is 2.46. The second-order valence-corrected chi connectivity index (χ2v) is 5.13. The Balaban J connectivity index is 2.55. The molecule has 8 nitrogen and oxygen atoms in total. The second-order valence-electron chi connectivity index (χ2n) is 4.69. The second kappa shape index (κ2) is 8.96. The Morgan fingerprint density at radius 1 is 1.22 bits per heavy atom. The highest BCUT2D eigenvalue weighted by atomic mass is 35.5. The van der Waals surface area contributed by atoms with Gasteiger partial charge in [-0.25, -0.2) is 4.79 Å². The monoisotopic (exact) mass is 342 g/mol.